The third kappa shape index (κ3) is 3.27. The normalized spacial score (nSPS) is 10.7. The summed E-state index contributed by atoms with van der Waals surface area (Å²) in [5, 5.41) is 0. The zero-order valence-electron chi connectivity index (χ0n) is 13.6. The summed E-state index contributed by atoms with van der Waals surface area (Å²) in [6, 6.07) is 10.2. The molecule has 0 unspecified atom stereocenters. The number of hydrogen-bond acceptors (Lipinski definition) is 4. The number of ether oxygens (including phenoxy) is 1. The van der Waals surface area contributed by atoms with Crippen LogP contribution in [0, 0.1) is 13.8 Å². The van der Waals surface area contributed by atoms with Crippen molar-refractivity contribution in [3.05, 3.63) is 65.9 Å². The molecule has 0 saturated heterocycles. The van der Waals surface area contributed by atoms with Crippen molar-refractivity contribution in [1.29, 1.82) is 0 Å². The SMILES string of the molecule is COCc1cc(-c2cc(-c3cccnc3C)ccn2)cnc1C. The quantitative estimate of drug-likeness (QED) is 0.732. The van der Waals surface area contributed by atoms with Gasteiger partial charge in [0.15, 0.2) is 0 Å². The lowest BCUT2D eigenvalue weighted by Gasteiger charge is -2.09. The molecule has 0 saturated carbocycles. The minimum atomic E-state index is 0.550. The van der Waals surface area contributed by atoms with Crippen LogP contribution in [0.1, 0.15) is 17.0 Å². The predicted octanol–water partition coefficient (Wildman–Crippen LogP) is 3.97. The van der Waals surface area contributed by atoms with Gasteiger partial charge in [0.25, 0.3) is 0 Å². The van der Waals surface area contributed by atoms with Crippen LogP contribution in [0.4, 0.5) is 0 Å². The molecule has 0 aliphatic heterocycles. The summed E-state index contributed by atoms with van der Waals surface area (Å²) in [4.78, 5) is 13.3. The molecule has 0 radical (unpaired) electrons. The first-order valence-corrected chi connectivity index (χ1v) is 7.52. The van der Waals surface area contributed by atoms with Crippen LogP contribution in [-0.2, 0) is 11.3 Å². The van der Waals surface area contributed by atoms with Crippen LogP contribution < -0.4 is 0 Å². The predicted molar refractivity (Wildman–Crippen MR) is 90.9 cm³/mol. The molecule has 3 rings (SSSR count). The van der Waals surface area contributed by atoms with Crippen LogP contribution >= 0.6 is 0 Å². The van der Waals surface area contributed by atoms with E-state index in [1.807, 2.05) is 44.6 Å². The molecule has 4 nitrogen and oxygen atoms in total. The maximum absolute atomic E-state index is 5.24. The summed E-state index contributed by atoms with van der Waals surface area (Å²) in [7, 11) is 1.69. The van der Waals surface area contributed by atoms with E-state index in [0.717, 1.165) is 39.3 Å². The number of aryl methyl sites for hydroxylation is 2. The molecule has 3 aromatic rings. The lowest BCUT2D eigenvalue weighted by Crippen LogP contribution is -1.96. The van der Waals surface area contributed by atoms with Crippen molar-refractivity contribution in [1.82, 2.24) is 15.0 Å². The highest BCUT2D eigenvalue weighted by Crippen LogP contribution is 2.26. The van der Waals surface area contributed by atoms with E-state index in [-0.39, 0.29) is 0 Å². The van der Waals surface area contributed by atoms with E-state index in [1.165, 1.54) is 0 Å². The zero-order chi connectivity index (χ0) is 16.2. The third-order valence-corrected chi connectivity index (χ3v) is 3.87. The number of methoxy groups -OCH3 is 1. The minimum absolute atomic E-state index is 0.550. The molecule has 3 aromatic heterocycles. The Kier molecular flexibility index (Phi) is 4.44. The van der Waals surface area contributed by atoms with Gasteiger partial charge >= 0.3 is 0 Å². The topological polar surface area (TPSA) is 47.9 Å². The van der Waals surface area contributed by atoms with Crippen molar-refractivity contribution in [2.45, 2.75) is 20.5 Å². The smallest absolute Gasteiger partial charge is 0.0730 e. The molecule has 3 heterocycles. The van der Waals surface area contributed by atoms with Crippen molar-refractivity contribution in [3.8, 4) is 22.4 Å². The van der Waals surface area contributed by atoms with Gasteiger partial charge in [0.05, 0.1) is 12.3 Å². The van der Waals surface area contributed by atoms with Gasteiger partial charge in [0.2, 0.25) is 0 Å². The molecule has 116 valence electrons. The molecule has 0 aliphatic rings. The van der Waals surface area contributed by atoms with Crippen LogP contribution in [0.25, 0.3) is 22.4 Å². The van der Waals surface area contributed by atoms with Crippen molar-refractivity contribution in [3.63, 3.8) is 0 Å². The fraction of sp³-hybridized carbons (Fsp3) is 0.211. The number of pyridine rings is 3. The van der Waals surface area contributed by atoms with Crippen LogP contribution in [0.5, 0.6) is 0 Å². The van der Waals surface area contributed by atoms with Crippen LogP contribution in [0.2, 0.25) is 0 Å². The second-order valence-corrected chi connectivity index (χ2v) is 5.47. The van der Waals surface area contributed by atoms with Gasteiger partial charge in [-0.05, 0) is 49.2 Å². The lowest BCUT2D eigenvalue weighted by molar-refractivity contribution is 0.184. The largest absolute Gasteiger partial charge is 0.380 e. The highest BCUT2D eigenvalue weighted by Gasteiger charge is 2.08. The molecule has 0 atom stereocenters. The molecular weight excluding hydrogens is 286 g/mol. The highest BCUT2D eigenvalue weighted by molar-refractivity contribution is 5.71. The van der Waals surface area contributed by atoms with Gasteiger partial charge in [-0.1, -0.05) is 6.07 Å². The summed E-state index contributed by atoms with van der Waals surface area (Å²) in [5.74, 6) is 0. The Bertz CT molecular complexity index is 830. The van der Waals surface area contributed by atoms with E-state index in [0.29, 0.717) is 6.61 Å². The molecule has 4 heteroatoms. The Morgan fingerprint density at radius 2 is 1.78 bits per heavy atom. The number of nitrogens with zero attached hydrogens (tertiary/aromatic N) is 3. The van der Waals surface area contributed by atoms with Gasteiger partial charge in [0.1, 0.15) is 0 Å². The molecule has 0 spiro atoms. The van der Waals surface area contributed by atoms with E-state index >= 15 is 0 Å². The summed E-state index contributed by atoms with van der Waals surface area (Å²) in [6.45, 7) is 4.55. The van der Waals surface area contributed by atoms with Crippen molar-refractivity contribution in [2.24, 2.45) is 0 Å². The first-order chi connectivity index (χ1) is 11.2. The fourth-order valence-corrected chi connectivity index (χ4v) is 2.57. The van der Waals surface area contributed by atoms with E-state index in [4.69, 9.17) is 4.74 Å². The molecule has 0 fully saturated rings. The Hall–Kier alpha value is -2.59. The third-order valence-electron chi connectivity index (χ3n) is 3.87. The van der Waals surface area contributed by atoms with Gasteiger partial charge in [-0.25, -0.2) is 0 Å². The second kappa shape index (κ2) is 6.67. The summed E-state index contributed by atoms with van der Waals surface area (Å²) < 4.78 is 5.24. The molecule has 0 aromatic carbocycles. The summed E-state index contributed by atoms with van der Waals surface area (Å²) in [6.07, 6.45) is 5.49. The van der Waals surface area contributed by atoms with Gasteiger partial charge in [0, 0.05) is 48.2 Å². The molecular formula is C19H19N3O. The maximum Gasteiger partial charge on any atom is 0.0730 e. The lowest BCUT2D eigenvalue weighted by atomic mass is 10.0. The highest BCUT2D eigenvalue weighted by atomic mass is 16.5. The van der Waals surface area contributed by atoms with Crippen LogP contribution in [0.15, 0.2) is 48.9 Å². The fourth-order valence-electron chi connectivity index (χ4n) is 2.57. The Morgan fingerprint density at radius 3 is 2.57 bits per heavy atom. The molecule has 0 bridgehead atoms. The average molecular weight is 305 g/mol. The minimum Gasteiger partial charge on any atom is -0.380 e. The number of rotatable bonds is 4. The van der Waals surface area contributed by atoms with Gasteiger partial charge in [-0.15, -0.1) is 0 Å². The van der Waals surface area contributed by atoms with Crippen molar-refractivity contribution in [2.75, 3.05) is 7.11 Å². The van der Waals surface area contributed by atoms with Gasteiger partial charge < -0.3 is 4.74 Å². The summed E-state index contributed by atoms with van der Waals surface area (Å²) in [5.41, 5.74) is 7.18. The first-order valence-electron chi connectivity index (χ1n) is 7.52. The average Bonchev–Trinajstić information content (AvgIpc) is 2.58. The van der Waals surface area contributed by atoms with Gasteiger partial charge in [-0.2, -0.15) is 0 Å². The standard InChI is InChI=1S/C19H19N3O/c1-13-17(12-23-3)9-16(11-22-13)19-10-15(6-8-21-19)18-5-4-7-20-14(18)2/h4-11H,12H2,1-3H3. The molecule has 0 aliphatic carbocycles. The van der Waals surface area contributed by atoms with Crippen LogP contribution in [-0.4, -0.2) is 22.1 Å². The Labute approximate surface area is 136 Å². The Balaban J connectivity index is 2.04. The van der Waals surface area contributed by atoms with Crippen LogP contribution in [0.3, 0.4) is 0 Å². The van der Waals surface area contributed by atoms with Crippen molar-refractivity contribution < 1.29 is 4.74 Å². The van der Waals surface area contributed by atoms with Crippen molar-refractivity contribution >= 4 is 0 Å². The van der Waals surface area contributed by atoms with E-state index < -0.39 is 0 Å². The number of aromatic nitrogens is 3. The van der Waals surface area contributed by atoms with E-state index in [2.05, 4.69) is 33.2 Å². The monoisotopic (exact) mass is 305 g/mol. The van der Waals surface area contributed by atoms with E-state index in [9.17, 15) is 0 Å². The van der Waals surface area contributed by atoms with E-state index in [1.54, 1.807) is 7.11 Å². The number of hydrogen-bond donors (Lipinski definition) is 0. The molecule has 23 heavy (non-hydrogen) atoms. The maximum atomic E-state index is 5.24. The first kappa shape index (κ1) is 15.3. The summed E-state index contributed by atoms with van der Waals surface area (Å²) >= 11 is 0. The Morgan fingerprint density at radius 1 is 0.913 bits per heavy atom. The molecule has 0 N–H and O–H groups in total. The van der Waals surface area contributed by atoms with Gasteiger partial charge in [-0.3, -0.25) is 15.0 Å². The molecule has 0 amide bonds. The second-order valence-electron chi connectivity index (χ2n) is 5.47. The zero-order valence-corrected chi connectivity index (χ0v) is 13.6.